The van der Waals surface area contributed by atoms with Crippen LogP contribution in [0.5, 0.6) is 0 Å². The number of amidine groups is 1. The van der Waals surface area contributed by atoms with Gasteiger partial charge < -0.3 is 4.90 Å². The van der Waals surface area contributed by atoms with Crippen LogP contribution in [0.1, 0.15) is 39.7 Å². The Labute approximate surface area is 128 Å². The van der Waals surface area contributed by atoms with Crippen molar-refractivity contribution in [2.24, 2.45) is 10.3 Å². The molecule has 4 nitrogen and oxygen atoms in total. The number of benzene rings is 1. The predicted molar refractivity (Wildman–Crippen MR) is 88.2 cm³/mol. The first-order chi connectivity index (χ1) is 9.80. The van der Waals surface area contributed by atoms with E-state index in [4.69, 9.17) is 0 Å². The quantitative estimate of drug-likeness (QED) is 0.597. The normalized spacial score (nSPS) is 12.8. The molecular formula is C16H26N2O2S. The minimum Gasteiger partial charge on any atom is -0.360 e. The van der Waals surface area contributed by atoms with Crippen LogP contribution >= 0.6 is 0 Å². The molecule has 0 saturated heterocycles. The second kappa shape index (κ2) is 7.59. The minimum absolute atomic E-state index is 0.251. The van der Waals surface area contributed by atoms with E-state index in [9.17, 15) is 8.42 Å². The Kier molecular flexibility index (Phi) is 6.40. The Hall–Kier alpha value is -1.36. The van der Waals surface area contributed by atoms with E-state index in [1.807, 2.05) is 25.7 Å². The van der Waals surface area contributed by atoms with Crippen molar-refractivity contribution >= 4 is 15.9 Å². The minimum atomic E-state index is -3.64. The summed E-state index contributed by atoms with van der Waals surface area (Å²) in [6, 6.07) is 6.82. The molecule has 0 aliphatic heterocycles. The highest BCUT2D eigenvalue weighted by Crippen LogP contribution is 2.16. The lowest BCUT2D eigenvalue weighted by atomic mass is 10.1. The van der Waals surface area contributed by atoms with Crippen LogP contribution in [0.2, 0.25) is 0 Å². The van der Waals surface area contributed by atoms with E-state index >= 15 is 0 Å². The number of nitrogens with zero attached hydrogens (tertiary/aromatic N) is 2. The molecule has 0 spiro atoms. The average Bonchev–Trinajstić information content (AvgIpc) is 2.39. The second-order valence-corrected chi connectivity index (χ2v) is 7.17. The molecule has 5 heteroatoms. The first kappa shape index (κ1) is 17.7. The molecule has 1 aromatic carbocycles. The molecule has 0 N–H and O–H groups in total. The molecule has 0 atom stereocenters. The molecule has 0 radical (unpaired) electrons. The van der Waals surface area contributed by atoms with E-state index in [1.54, 1.807) is 24.3 Å². The molecule has 118 valence electrons. The summed E-state index contributed by atoms with van der Waals surface area (Å²) in [5, 5.41) is 0. The van der Waals surface area contributed by atoms with E-state index in [1.165, 1.54) is 0 Å². The van der Waals surface area contributed by atoms with Crippen molar-refractivity contribution in [3.05, 3.63) is 29.8 Å². The standard InChI is InChI=1S/C16H26N2O2S/c1-6-18(7-2)16(12-13(3)4)17-21(19,20)15-10-8-14(5)9-11-15/h8-11,13H,6-7,12H2,1-5H3/b17-16-. The van der Waals surface area contributed by atoms with Crippen molar-refractivity contribution in [2.45, 2.75) is 45.9 Å². The highest BCUT2D eigenvalue weighted by Gasteiger charge is 2.17. The summed E-state index contributed by atoms with van der Waals surface area (Å²) in [6.45, 7) is 11.6. The molecule has 1 aromatic rings. The van der Waals surface area contributed by atoms with Gasteiger partial charge in [-0.05, 0) is 38.8 Å². The molecule has 0 fully saturated rings. The molecule has 21 heavy (non-hydrogen) atoms. The van der Waals surface area contributed by atoms with Gasteiger partial charge in [0.1, 0.15) is 5.84 Å². The lowest BCUT2D eigenvalue weighted by Gasteiger charge is -2.24. The van der Waals surface area contributed by atoms with Gasteiger partial charge in [0.25, 0.3) is 10.0 Å². The van der Waals surface area contributed by atoms with Gasteiger partial charge >= 0.3 is 0 Å². The van der Waals surface area contributed by atoms with Crippen LogP contribution in [0.15, 0.2) is 33.6 Å². The lowest BCUT2D eigenvalue weighted by Crippen LogP contribution is -2.32. The summed E-state index contributed by atoms with van der Waals surface area (Å²) in [7, 11) is -3.64. The third kappa shape index (κ3) is 5.16. The summed E-state index contributed by atoms with van der Waals surface area (Å²) in [5.74, 6) is 1.01. The first-order valence-electron chi connectivity index (χ1n) is 7.45. The monoisotopic (exact) mass is 310 g/mol. The Morgan fingerprint density at radius 1 is 1.14 bits per heavy atom. The van der Waals surface area contributed by atoms with Crippen LogP contribution in [0, 0.1) is 12.8 Å². The van der Waals surface area contributed by atoms with Crippen LogP contribution in [0.3, 0.4) is 0 Å². The number of hydrogen-bond donors (Lipinski definition) is 0. The largest absolute Gasteiger partial charge is 0.360 e. The van der Waals surface area contributed by atoms with Gasteiger partial charge in [0.15, 0.2) is 0 Å². The zero-order chi connectivity index (χ0) is 16.0. The molecule has 0 aromatic heterocycles. The fourth-order valence-electron chi connectivity index (χ4n) is 2.08. The smallest absolute Gasteiger partial charge is 0.283 e. The summed E-state index contributed by atoms with van der Waals surface area (Å²) in [4.78, 5) is 2.26. The van der Waals surface area contributed by atoms with Gasteiger partial charge in [0, 0.05) is 19.5 Å². The SMILES string of the molecule is CCN(CC)/C(CC(C)C)=N\S(=O)(=O)c1ccc(C)cc1. The Morgan fingerprint density at radius 3 is 2.10 bits per heavy atom. The molecule has 0 heterocycles. The van der Waals surface area contributed by atoms with Gasteiger partial charge in [-0.25, -0.2) is 0 Å². The summed E-state index contributed by atoms with van der Waals surface area (Å²) in [6.07, 6.45) is 0.659. The number of aryl methyl sites for hydroxylation is 1. The van der Waals surface area contributed by atoms with Crippen LogP contribution in [0.4, 0.5) is 0 Å². The lowest BCUT2D eigenvalue weighted by molar-refractivity contribution is 0.444. The second-order valence-electron chi connectivity index (χ2n) is 5.57. The highest BCUT2D eigenvalue weighted by molar-refractivity contribution is 7.90. The maximum atomic E-state index is 12.5. The van der Waals surface area contributed by atoms with Gasteiger partial charge in [-0.15, -0.1) is 4.40 Å². The van der Waals surface area contributed by atoms with E-state index in [0.29, 0.717) is 18.2 Å². The molecule has 0 aliphatic rings. The summed E-state index contributed by atoms with van der Waals surface area (Å²) < 4.78 is 29.0. The molecule has 0 saturated carbocycles. The van der Waals surface area contributed by atoms with Gasteiger partial charge in [-0.1, -0.05) is 31.5 Å². The van der Waals surface area contributed by atoms with E-state index in [2.05, 4.69) is 18.2 Å². The number of hydrogen-bond acceptors (Lipinski definition) is 2. The maximum absolute atomic E-state index is 12.5. The number of rotatable bonds is 6. The van der Waals surface area contributed by atoms with Crippen molar-refractivity contribution in [1.29, 1.82) is 0 Å². The Bertz CT molecular complexity index is 571. The molecule has 0 bridgehead atoms. The fraction of sp³-hybridized carbons (Fsp3) is 0.562. The molecule has 0 aliphatic carbocycles. The fourth-order valence-corrected chi connectivity index (χ4v) is 3.13. The molecule has 1 rings (SSSR count). The van der Waals surface area contributed by atoms with E-state index in [0.717, 1.165) is 18.7 Å². The predicted octanol–water partition coefficient (Wildman–Crippen LogP) is 3.47. The van der Waals surface area contributed by atoms with E-state index < -0.39 is 10.0 Å². The van der Waals surface area contributed by atoms with Gasteiger partial charge in [0.2, 0.25) is 0 Å². The molecular weight excluding hydrogens is 284 g/mol. The third-order valence-corrected chi connectivity index (χ3v) is 4.58. The maximum Gasteiger partial charge on any atom is 0.283 e. The topological polar surface area (TPSA) is 49.7 Å². The van der Waals surface area contributed by atoms with Gasteiger partial charge in [0.05, 0.1) is 4.90 Å². The van der Waals surface area contributed by atoms with Crippen LogP contribution in [-0.2, 0) is 10.0 Å². The Balaban J connectivity index is 3.20. The van der Waals surface area contributed by atoms with Crippen LogP contribution in [-0.4, -0.2) is 32.2 Å². The van der Waals surface area contributed by atoms with Crippen LogP contribution in [0.25, 0.3) is 0 Å². The van der Waals surface area contributed by atoms with Crippen molar-refractivity contribution in [2.75, 3.05) is 13.1 Å². The zero-order valence-corrected chi connectivity index (χ0v) is 14.4. The third-order valence-electron chi connectivity index (χ3n) is 3.26. The molecule has 0 amide bonds. The van der Waals surface area contributed by atoms with Crippen LogP contribution < -0.4 is 0 Å². The van der Waals surface area contributed by atoms with Gasteiger partial charge in [-0.3, -0.25) is 0 Å². The average molecular weight is 310 g/mol. The zero-order valence-electron chi connectivity index (χ0n) is 13.6. The van der Waals surface area contributed by atoms with Crippen molar-refractivity contribution in [3.63, 3.8) is 0 Å². The first-order valence-corrected chi connectivity index (χ1v) is 8.89. The van der Waals surface area contributed by atoms with Crippen molar-refractivity contribution in [3.8, 4) is 0 Å². The van der Waals surface area contributed by atoms with E-state index in [-0.39, 0.29) is 4.90 Å². The van der Waals surface area contributed by atoms with Crippen molar-refractivity contribution < 1.29 is 8.42 Å². The highest BCUT2D eigenvalue weighted by atomic mass is 32.2. The summed E-state index contributed by atoms with van der Waals surface area (Å²) >= 11 is 0. The Morgan fingerprint density at radius 2 is 1.67 bits per heavy atom. The summed E-state index contributed by atoms with van der Waals surface area (Å²) in [5.41, 5.74) is 1.03. The molecule has 0 unspecified atom stereocenters. The van der Waals surface area contributed by atoms with Crippen molar-refractivity contribution in [1.82, 2.24) is 4.90 Å². The number of sulfonamides is 1. The van der Waals surface area contributed by atoms with Gasteiger partial charge in [-0.2, -0.15) is 8.42 Å².